The largest absolute Gasteiger partial charge is 0.396 e. The van der Waals surface area contributed by atoms with E-state index in [9.17, 15) is 8.78 Å². The van der Waals surface area contributed by atoms with Gasteiger partial charge >= 0.3 is 6.61 Å². The summed E-state index contributed by atoms with van der Waals surface area (Å²) in [5.74, 6) is 0. The minimum atomic E-state index is -2.68. The van der Waals surface area contributed by atoms with Gasteiger partial charge in [0, 0.05) is 0 Å². The molecule has 0 bridgehead atoms. The monoisotopic (exact) mass is 217 g/mol. The Balaban J connectivity index is 1.92. The van der Waals surface area contributed by atoms with Crippen molar-refractivity contribution in [3.05, 3.63) is 11.9 Å². The molecule has 0 spiro atoms. The zero-order chi connectivity index (χ0) is 11.0. The summed E-state index contributed by atoms with van der Waals surface area (Å²) in [6.45, 7) is -0.816. The third-order valence-electron chi connectivity index (χ3n) is 2.79. The van der Waals surface area contributed by atoms with Crippen molar-refractivity contribution in [3.8, 4) is 0 Å². The molecule has 0 unspecified atom stereocenters. The van der Waals surface area contributed by atoms with Crippen LogP contribution in [0.4, 0.5) is 14.5 Å². The van der Waals surface area contributed by atoms with Crippen LogP contribution in [0.15, 0.2) is 6.20 Å². The Bertz CT molecular complexity index is 347. The lowest BCUT2D eigenvalue weighted by atomic mass is 9.89. The van der Waals surface area contributed by atoms with Crippen molar-refractivity contribution >= 4 is 5.69 Å². The quantitative estimate of drug-likeness (QED) is 0.838. The number of alkyl halides is 2. The lowest BCUT2D eigenvalue weighted by Crippen LogP contribution is -2.35. The van der Waals surface area contributed by atoms with Crippen LogP contribution in [-0.4, -0.2) is 22.5 Å². The number of anilines is 1. The van der Waals surface area contributed by atoms with Crippen molar-refractivity contribution in [1.29, 1.82) is 0 Å². The van der Waals surface area contributed by atoms with E-state index in [1.807, 2.05) is 6.92 Å². The fraction of sp³-hybridized carbons (Fsp3) is 0.667. The summed E-state index contributed by atoms with van der Waals surface area (Å²) in [4.78, 5) is 0. The molecule has 84 valence electrons. The van der Waals surface area contributed by atoms with Gasteiger partial charge in [0.15, 0.2) is 0 Å². The molecular formula is C9H13F2N3O. The van der Waals surface area contributed by atoms with Crippen LogP contribution < -0.4 is 5.73 Å². The molecule has 1 aliphatic rings. The number of nitrogens with two attached hydrogens (primary N) is 1. The molecule has 1 saturated carbocycles. The number of rotatable bonds is 3. The van der Waals surface area contributed by atoms with Crippen molar-refractivity contribution in [3.63, 3.8) is 0 Å². The molecule has 2 N–H and O–H groups in total. The first kappa shape index (κ1) is 10.4. The second kappa shape index (κ2) is 3.77. The maximum atomic E-state index is 11.9. The first-order valence-corrected chi connectivity index (χ1v) is 4.81. The van der Waals surface area contributed by atoms with Crippen molar-refractivity contribution in [2.75, 3.05) is 5.73 Å². The molecule has 4 nitrogen and oxygen atoms in total. The summed E-state index contributed by atoms with van der Waals surface area (Å²) in [7, 11) is 0. The third kappa shape index (κ3) is 1.94. The second-order valence-corrected chi connectivity index (χ2v) is 3.77. The first-order valence-electron chi connectivity index (χ1n) is 4.81. The van der Waals surface area contributed by atoms with Gasteiger partial charge < -0.3 is 10.5 Å². The highest BCUT2D eigenvalue weighted by molar-refractivity contribution is 5.40. The maximum absolute atomic E-state index is 11.9. The maximum Gasteiger partial charge on any atom is 0.345 e. The Morgan fingerprint density at radius 1 is 1.60 bits per heavy atom. The van der Waals surface area contributed by atoms with Gasteiger partial charge in [0.1, 0.15) is 0 Å². The number of aromatic nitrogens is 2. The average Bonchev–Trinajstić information content (AvgIpc) is 2.40. The number of hydrogen-bond donors (Lipinski definition) is 1. The van der Waals surface area contributed by atoms with Crippen molar-refractivity contribution in [1.82, 2.24) is 9.78 Å². The number of halogens is 2. The van der Waals surface area contributed by atoms with E-state index in [-0.39, 0.29) is 12.1 Å². The second-order valence-electron chi connectivity index (χ2n) is 3.77. The zero-order valence-corrected chi connectivity index (χ0v) is 8.36. The van der Waals surface area contributed by atoms with E-state index in [1.165, 1.54) is 0 Å². The zero-order valence-electron chi connectivity index (χ0n) is 8.36. The van der Waals surface area contributed by atoms with Crippen molar-refractivity contribution < 1.29 is 13.5 Å². The van der Waals surface area contributed by atoms with Gasteiger partial charge in [-0.15, -0.1) is 0 Å². The molecular weight excluding hydrogens is 204 g/mol. The Labute approximate surface area is 86.0 Å². The fourth-order valence-corrected chi connectivity index (χ4v) is 1.80. The van der Waals surface area contributed by atoms with E-state index in [4.69, 9.17) is 5.73 Å². The summed E-state index contributed by atoms with van der Waals surface area (Å²) >= 11 is 0. The molecule has 2 rings (SSSR count). The summed E-state index contributed by atoms with van der Waals surface area (Å²) in [5, 5.41) is 4.10. The van der Waals surface area contributed by atoms with E-state index in [0.29, 0.717) is 18.5 Å². The van der Waals surface area contributed by atoms with Crippen LogP contribution >= 0.6 is 0 Å². The third-order valence-corrected chi connectivity index (χ3v) is 2.79. The SMILES string of the molecule is Cc1c(N)cnn1C1CC(OC(F)F)C1. The van der Waals surface area contributed by atoms with E-state index >= 15 is 0 Å². The Kier molecular flexibility index (Phi) is 2.60. The van der Waals surface area contributed by atoms with Gasteiger partial charge in [-0.05, 0) is 19.8 Å². The number of hydrogen-bond acceptors (Lipinski definition) is 3. The molecule has 15 heavy (non-hydrogen) atoms. The topological polar surface area (TPSA) is 53.1 Å². The molecule has 0 amide bonds. The molecule has 1 aromatic rings. The number of ether oxygens (including phenoxy) is 1. The van der Waals surface area contributed by atoms with E-state index in [1.54, 1.807) is 10.9 Å². The standard InChI is InChI=1S/C9H13F2N3O/c1-5-8(12)4-13-14(5)6-2-7(3-6)15-9(10)11/h4,6-7,9H,2-3,12H2,1H3. The Morgan fingerprint density at radius 3 is 2.73 bits per heavy atom. The van der Waals surface area contributed by atoms with Gasteiger partial charge in [-0.1, -0.05) is 0 Å². The van der Waals surface area contributed by atoms with Gasteiger partial charge in [0.2, 0.25) is 0 Å². The molecule has 0 atom stereocenters. The van der Waals surface area contributed by atoms with Crippen LogP contribution in [0.3, 0.4) is 0 Å². The van der Waals surface area contributed by atoms with Crippen molar-refractivity contribution in [2.45, 2.75) is 38.5 Å². The van der Waals surface area contributed by atoms with Crippen LogP contribution in [0.2, 0.25) is 0 Å². The summed E-state index contributed by atoms with van der Waals surface area (Å²) in [5.41, 5.74) is 7.16. The molecule has 0 saturated heterocycles. The lowest BCUT2D eigenvalue weighted by Gasteiger charge is -2.35. The summed E-state index contributed by atoms with van der Waals surface area (Å²) in [6, 6.07) is 0.144. The molecule has 0 aliphatic heterocycles. The number of nitrogen functional groups attached to an aromatic ring is 1. The molecule has 1 aromatic heterocycles. The summed E-state index contributed by atoms with van der Waals surface area (Å²) < 4.78 is 29.9. The van der Waals surface area contributed by atoms with Gasteiger partial charge in [-0.25, -0.2) is 0 Å². The van der Waals surface area contributed by atoms with Crippen LogP contribution in [0.25, 0.3) is 0 Å². The predicted molar refractivity (Wildman–Crippen MR) is 50.5 cm³/mol. The fourth-order valence-electron chi connectivity index (χ4n) is 1.80. The molecule has 1 fully saturated rings. The van der Waals surface area contributed by atoms with Crippen LogP contribution in [0, 0.1) is 6.92 Å². The molecule has 6 heteroatoms. The van der Waals surface area contributed by atoms with Gasteiger partial charge in [0.05, 0.1) is 29.7 Å². The van der Waals surface area contributed by atoms with Crippen LogP contribution in [0.5, 0.6) is 0 Å². The number of nitrogens with zero attached hydrogens (tertiary/aromatic N) is 2. The Hall–Kier alpha value is -1.17. The highest BCUT2D eigenvalue weighted by atomic mass is 19.3. The highest BCUT2D eigenvalue weighted by Crippen LogP contribution is 2.36. The Morgan fingerprint density at radius 2 is 2.27 bits per heavy atom. The minimum absolute atomic E-state index is 0.144. The summed E-state index contributed by atoms with van der Waals surface area (Å²) in [6.07, 6.45) is 2.38. The molecule has 0 radical (unpaired) electrons. The van der Waals surface area contributed by atoms with Gasteiger partial charge in [0.25, 0.3) is 0 Å². The smallest absolute Gasteiger partial charge is 0.345 e. The van der Waals surface area contributed by atoms with E-state index in [0.717, 1.165) is 5.69 Å². The average molecular weight is 217 g/mol. The van der Waals surface area contributed by atoms with Crippen molar-refractivity contribution in [2.24, 2.45) is 0 Å². The highest BCUT2D eigenvalue weighted by Gasteiger charge is 2.34. The molecule has 1 heterocycles. The predicted octanol–water partition coefficient (Wildman–Crippen LogP) is 1.72. The first-order chi connectivity index (χ1) is 7.08. The normalized spacial score (nSPS) is 25.6. The minimum Gasteiger partial charge on any atom is -0.396 e. The molecule has 1 aliphatic carbocycles. The van der Waals surface area contributed by atoms with Gasteiger partial charge in [-0.2, -0.15) is 13.9 Å². The van der Waals surface area contributed by atoms with Gasteiger partial charge in [-0.3, -0.25) is 4.68 Å². The molecule has 0 aromatic carbocycles. The lowest BCUT2D eigenvalue weighted by molar-refractivity contribution is -0.189. The van der Waals surface area contributed by atoms with E-state index < -0.39 is 6.61 Å². The van der Waals surface area contributed by atoms with Crippen LogP contribution in [-0.2, 0) is 4.74 Å². The van der Waals surface area contributed by atoms with Crippen LogP contribution in [0.1, 0.15) is 24.6 Å². The van der Waals surface area contributed by atoms with E-state index in [2.05, 4.69) is 9.84 Å².